The van der Waals surface area contributed by atoms with Crippen LogP contribution in [0.4, 0.5) is 0 Å². The average molecular weight is 277 g/mol. The summed E-state index contributed by atoms with van der Waals surface area (Å²) in [5, 5.41) is 2.56. The molecule has 4 nitrogen and oxygen atoms in total. The van der Waals surface area contributed by atoms with Crippen molar-refractivity contribution in [3.8, 4) is 12.3 Å². The van der Waals surface area contributed by atoms with Gasteiger partial charge < -0.3 is 10.1 Å². The zero-order chi connectivity index (χ0) is 14.3. The van der Waals surface area contributed by atoms with Crippen LogP contribution in [0.5, 0.6) is 0 Å². The maximum absolute atomic E-state index is 11.9. The van der Waals surface area contributed by atoms with Gasteiger partial charge in [0.2, 0.25) is 0 Å². The molecule has 1 aromatic carbocycles. The maximum atomic E-state index is 11.9. The molecular formula is C14H15NO3S. The number of rotatable bonds is 5. The molecule has 0 spiro atoms. The monoisotopic (exact) mass is 277 g/mol. The minimum absolute atomic E-state index is 0.174. The van der Waals surface area contributed by atoms with Crippen molar-refractivity contribution < 1.29 is 14.3 Å². The Labute approximate surface area is 117 Å². The number of esters is 1. The largest absolute Gasteiger partial charge is 0.464 e. The Balaban J connectivity index is 2.71. The van der Waals surface area contributed by atoms with Gasteiger partial charge in [-0.05, 0) is 31.2 Å². The minimum atomic E-state index is -0.761. The number of terminal acetylenes is 1. The lowest BCUT2D eigenvalue weighted by Gasteiger charge is -2.15. The molecule has 19 heavy (non-hydrogen) atoms. The van der Waals surface area contributed by atoms with Gasteiger partial charge in [-0.1, -0.05) is 5.92 Å². The van der Waals surface area contributed by atoms with E-state index in [0.717, 1.165) is 0 Å². The second kappa shape index (κ2) is 7.49. The Morgan fingerprint density at radius 3 is 2.53 bits per heavy atom. The van der Waals surface area contributed by atoms with Gasteiger partial charge in [0.25, 0.3) is 5.91 Å². The summed E-state index contributed by atoms with van der Waals surface area (Å²) in [7, 11) is 0. The third-order valence-electron chi connectivity index (χ3n) is 2.37. The maximum Gasteiger partial charge on any atom is 0.329 e. The molecule has 1 rings (SSSR count). The van der Waals surface area contributed by atoms with E-state index >= 15 is 0 Å². The zero-order valence-corrected chi connectivity index (χ0v) is 11.4. The highest BCUT2D eigenvalue weighted by Gasteiger charge is 2.20. The molecule has 1 N–H and O–H groups in total. The molecule has 0 heterocycles. The van der Waals surface area contributed by atoms with Crippen molar-refractivity contribution >= 4 is 24.5 Å². The van der Waals surface area contributed by atoms with Crippen molar-refractivity contribution in [2.24, 2.45) is 0 Å². The number of thiol groups is 1. The van der Waals surface area contributed by atoms with Crippen molar-refractivity contribution in [3.63, 3.8) is 0 Å². The van der Waals surface area contributed by atoms with Crippen LogP contribution in [0.15, 0.2) is 24.3 Å². The van der Waals surface area contributed by atoms with E-state index in [1.165, 1.54) is 0 Å². The number of hydrogen-bond donors (Lipinski definition) is 2. The highest BCUT2D eigenvalue weighted by atomic mass is 32.1. The number of ether oxygens (including phenoxy) is 1. The van der Waals surface area contributed by atoms with Crippen LogP contribution < -0.4 is 5.32 Å². The summed E-state index contributed by atoms with van der Waals surface area (Å²) in [5.74, 6) is 1.78. The molecule has 0 radical (unpaired) electrons. The van der Waals surface area contributed by atoms with Gasteiger partial charge in [0.05, 0.1) is 6.61 Å². The Hall–Kier alpha value is -1.93. The highest BCUT2D eigenvalue weighted by Crippen LogP contribution is 2.04. The Kier molecular flexibility index (Phi) is 5.97. The molecule has 1 amide bonds. The van der Waals surface area contributed by atoms with E-state index in [-0.39, 0.29) is 18.3 Å². The van der Waals surface area contributed by atoms with Crippen LogP contribution in [0.1, 0.15) is 22.8 Å². The molecule has 1 aromatic rings. The Morgan fingerprint density at radius 1 is 1.42 bits per heavy atom. The molecular weight excluding hydrogens is 262 g/mol. The quantitative estimate of drug-likeness (QED) is 0.484. The molecule has 0 aliphatic carbocycles. The van der Waals surface area contributed by atoms with Crippen LogP contribution in [0, 0.1) is 12.3 Å². The fourth-order valence-electron chi connectivity index (χ4n) is 1.38. The van der Waals surface area contributed by atoms with Gasteiger partial charge in [-0.3, -0.25) is 4.79 Å². The van der Waals surface area contributed by atoms with Gasteiger partial charge in [0.1, 0.15) is 6.04 Å². The second-order valence-corrected chi connectivity index (χ2v) is 4.05. The first-order valence-corrected chi connectivity index (χ1v) is 6.40. The summed E-state index contributed by atoms with van der Waals surface area (Å²) in [4.78, 5) is 23.4. The number of carbonyl (C=O) groups excluding carboxylic acids is 2. The van der Waals surface area contributed by atoms with Crippen molar-refractivity contribution in [1.82, 2.24) is 5.32 Å². The molecule has 0 saturated heterocycles. The number of amides is 1. The number of carbonyl (C=O) groups is 2. The molecule has 0 saturated carbocycles. The van der Waals surface area contributed by atoms with Crippen LogP contribution in [0.3, 0.4) is 0 Å². The van der Waals surface area contributed by atoms with Crippen molar-refractivity contribution in [2.75, 3.05) is 12.4 Å². The average Bonchev–Trinajstić information content (AvgIpc) is 2.44. The fraction of sp³-hybridized carbons (Fsp3) is 0.286. The van der Waals surface area contributed by atoms with E-state index in [4.69, 9.17) is 11.2 Å². The highest BCUT2D eigenvalue weighted by molar-refractivity contribution is 7.80. The van der Waals surface area contributed by atoms with E-state index in [9.17, 15) is 9.59 Å². The third kappa shape index (κ3) is 4.34. The van der Waals surface area contributed by atoms with Gasteiger partial charge in [0.15, 0.2) is 0 Å². The molecule has 100 valence electrons. The van der Waals surface area contributed by atoms with E-state index in [0.29, 0.717) is 11.1 Å². The van der Waals surface area contributed by atoms with E-state index in [1.807, 2.05) is 0 Å². The van der Waals surface area contributed by atoms with E-state index in [2.05, 4.69) is 23.9 Å². The number of benzene rings is 1. The molecule has 0 aromatic heterocycles. The van der Waals surface area contributed by atoms with Crippen molar-refractivity contribution in [2.45, 2.75) is 13.0 Å². The van der Waals surface area contributed by atoms with Crippen LogP contribution in [0.2, 0.25) is 0 Å². The molecule has 1 atom stereocenters. The smallest absolute Gasteiger partial charge is 0.329 e. The normalized spacial score (nSPS) is 11.2. The Morgan fingerprint density at radius 2 is 2.05 bits per heavy atom. The number of nitrogens with one attached hydrogen (secondary N) is 1. The number of hydrogen-bond acceptors (Lipinski definition) is 4. The first-order valence-electron chi connectivity index (χ1n) is 5.77. The second-order valence-electron chi connectivity index (χ2n) is 3.68. The summed E-state index contributed by atoms with van der Waals surface area (Å²) in [6.45, 7) is 1.96. The van der Waals surface area contributed by atoms with Crippen molar-refractivity contribution in [3.05, 3.63) is 35.4 Å². The first kappa shape index (κ1) is 15.1. The molecule has 0 bridgehead atoms. The van der Waals surface area contributed by atoms with Gasteiger partial charge in [0, 0.05) is 16.9 Å². The molecule has 0 fully saturated rings. The summed E-state index contributed by atoms with van der Waals surface area (Å²) in [6, 6.07) is 5.77. The predicted molar refractivity (Wildman–Crippen MR) is 76.1 cm³/mol. The van der Waals surface area contributed by atoms with Gasteiger partial charge >= 0.3 is 5.97 Å². The topological polar surface area (TPSA) is 55.4 Å². The minimum Gasteiger partial charge on any atom is -0.464 e. The van der Waals surface area contributed by atoms with Crippen LogP contribution in [-0.4, -0.2) is 30.3 Å². The molecule has 0 unspecified atom stereocenters. The molecule has 0 aliphatic rings. The van der Waals surface area contributed by atoms with Crippen LogP contribution >= 0.6 is 12.6 Å². The van der Waals surface area contributed by atoms with Gasteiger partial charge in [-0.2, -0.15) is 12.6 Å². The fourth-order valence-corrected chi connectivity index (χ4v) is 1.62. The SMILES string of the molecule is C#Cc1ccc(C(=O)N[C@@H](CS)C(=O)OCC)cc1. The summed E-state index contributed by atoms with van der Waals surface area (Å²) in [5.41, 5.74) is 1.11. The summed E-state index contributed by atoms with van der Waals surface area (Å²) >= 11 is 4.02. The molecule has 0 aliphatic heterocycles. The molecule has 5 heteroatoms. The van der Waals surface area contributed by atoms with E-state index in [1.54, 1.807) is 31.2 Å². The van der Waals surface area contributed by atoms with Crippen LogP contribution in [-0.2, 0) is 9.53 Å². The van der Waals surface area contributed by atoms with Crippen LogP contribution in [0.25, 0.3) is 0 Å². The lowest BCUT2D eigenvalue weighted by molar-refractivity contribution is -0.144. The first-order chi connectivity index (χ1) is 9.12. The summed E-state index contributed by atoms with van der Waals surface area (Å²) < 4.78 is 4.84. The summed E-state index contributed by atoms with van der Waals surface area (Å²) in [6.07, 6.45) is 5.23. The lowest BCUT2D eigenvalue weighted by atomic mass is 10.1. The lowest BCUT2D eigenvalue weighted by Crippen LogP contribution is -2.43. The standard InChI is InChI=1S/C14H15NO3S/c1-3-10-5-7-11(8-6-10)13(16)15-12(9-19)14(17)18-4-2/h1,5-8,12,19H,4,9H2,2H3,(H,15,16)/t12-/m0/s1. The Bertz CT molecular complexity index is 490. The predicted octanol–water partition coefficient (Wildman–Crippen LogP) is 1.26. The van der Waals surface area contributed by atoms with Gasteiger partial charge in [-0.15, -0.1) is 6.42 Å². The van der Waals surface area contributed by atoms with E-state index < -0.39 is 12.0 Å². The van der Waals surface area contributed by atoms with Gasteiger partial charge in [-0.25, -0.2) is 4.79 Å². The third-order valence-corrected chi connectivity index (χ3v) is 2.74. The van der Waals surface area contributed by atoms with Crippen molar-refractivity contribution in [1.29, 1.82) is 0 Å². The zero-order valence-electron chi connectivity index (χ0n) is 10.6.